The predicted octanol–water partition coefficient (Wildman–Crippen LogP) is 2.14. The van der Waals surface area contributed by atoms with Crippen molar-refractivity contribution in [3.63, 3.8) is 0 Å². The molecule has 1 heterocycles. The summed E-state index contributed by atoms with van der Waals surface area (Å²) in [5.74, 6) is 0.731. The molecule has 0 unspecified atom stereocenters. The molecule has 174 valence electrons. The highest BCUT2D eigenvalue weighted by molar-refractivity contribution is 14.0. The number of rotatable bonds is 5. The van der Waals surface area contributed by atoms with Gasteiger partial charge in [-0.15, -0.1) is 24.0 Å². The van der Waals surface area contributed by atoms with Crippen LogP contribution in [0.1, 0.15) is 44.1 Å². The summed E-state index contributed by atoms with van der Waals surface area (Å²) in [6.07, 6.45) is 7.61. The summed E-state index contributed by atoms with van der Waals surface area (Å²) in [5, 5.41) is 8.40. The number of nitrogens with one attached hydrogen (secondary N) is 1. The summed E-state index contributed by atoms with van der Waals surface area (Å²) in [6.45, 7) is 2.50. The van der Waals surface area contributed by atoms with Crippen molar-refractivity contribution in [2.75, 3.05) is 33.7 Å². The quantitative estimate of drug-likeness (QED) is 0.324. The first-order valence-electron chi connectivity index (χ1n) is 10.5. The minimum absolute atomic E-state index is 0. The molecular formula is C21H34IN5O3S. The van der Waals surface area contributed by atoms with Crippen LogP contribution in [0, 0.1) is 5.41 Å². The van der Waals surface area contributed by atoms with Gasteiger partial charge in [-0.05, 0) is 42.4 Å². The maximum atomic E-state index is 12.1. The summed E-state index contributed by atoms with van der Waals surface area (Å²) in [6, 6.07) is 6.43. The van der Waals surface area contributed by atoms with E-state index in [1.807, 2.05) is 0 Å². The third-order valence-electron chi connectivity index (χ3n) is 6.21. The number of aliphatic imine (C=N–C) groups is 1. The zero-order valence-corrected chi connectivity index (χ0v) is 21.5. The van der Waals surface area contributed by atoms with Crippen molar-refractivity contribution in [1.29, 1.82) is 0 Å². The maximum Gasteiger partial charge on any atom is 0.241 e. The van der Waals surface area contributed by atoms with Gasteiger partial charge >= 0.3 is 0 Å². The lowest BCUT2D eigenvalue weighted by Crippen LogP contribution is -2.45. The number of nitrogens with zero attached hydrogens (tertiary/aromatic N) is 3. The number of guanidine groups is 1. The lowest BCUT2D eigenvalue weighted by atomic mass is 9.73. The molecule has 1 amide bonds. The van der Waals surface area contributed by atoms with E-state index in [1.54, 1.807) is 31.1 Å². The number of primary sulfonamides is 1. The minimum Gasteiger partial charge on any atom is -0.347 e. The van der Waals surface area contributed by atoms with Gasteiger partial charge in [-0.1, -0.05) is 31.4 Å². The van der Waals surface area contributed by atoms with Gasteiger partial charge in [0.25, 0.3) is 0 Å². The average Bonchev–Trinajstić information content (AvgIpc) is 3.11. The van der Waals surface area contributed by atoms with Crippen LogP contribution in [0.4, 0.5) is 0 Å². The molecule has 1 saturated heterocycles. The second-order valence-electron chi connectivity index (χ2n) is 8.70. The number of carbonyl (C=O) groups is 1. The third kappa shape index (κ3) is 7.04. The van der Waals surface area contributed by atoms with Gasteiger partial charge in [0.2, 0.25) is 15.9 Å². The van der Waals surface area contributed by atoms with Crippen molar-refractivity contribution in [2.45, 2.75) is 50.0 Å². The van der Waals surface area contributed by atoms with Crippen LogP contribution in [0.2, 0.25) is 0 Å². The Balaban J connectivity index is 0.00000341. The molecule has 10 heteroatoms. The van der Waals surface area contributed by atoms with Crippen LogP contribution in [0.5, 0.6) is 0 Å². The number of halogens is 1. The molecular weight excluding hydrogens is 529 g/mol. The fraction of sp³-hybridized carbons (Fsp3) is 0.619. The number of hydrogen-bond acceptors (Lipinski definition) is 4. The Morgan fingerprint density at radius 1 is 1.16 bits per heavy atom. The largest absolute Gasteiger partial charge is 0.347 e. The van der Waals surface area contributed by atoms with Crippen LogP contribution >= 0.6 is 24.0 Å². The lowest BCUT2D eigenvalue weighted by molar-refractivity contribution is -0.127. The Kier molecular flexibility index (Phi) is 9.14. The zero-order valence-electron chi connectivity index (χ0n) is 18.3. The number of benzene rings is 1. The number of sulfonamides is 1. The molecule has 0 bridgehead atoms. The van der Waals surface area contributed by atoms with E-state index in [0.717, 1.165) is 24.6 Å². The topological polar surface area (TPSA) is 108 Å². The molecule has 1 aliphatic heterocycles. The van der Waals surface area contributed by atoms with Crippen LogP contribution in [-0.4, -0.2) is 63.8 Å². The van der Waals surface area contributed by atoms with Gasteiger partial charge in [0.1, 0.15) is 0 Å². The zero-order chi connectivity index (χ0) is 21.8. The van der Waals surface area contributed by atoms with Crippen LogP contribution in [0.25, 0.3) is 0 Å². The fourth-order valence-electron chi connectivity index (χ4n) is 4.36. The standard InChI is InChI=1S/C21H33N5O3S.HI/c1-25(2)19(27)15-24-20(26-13-12-21(16-26)10-4-3-5-11-21)23-14-17-6-8-18(9-7-17)30(22,28)29;/h6-9H,3-5,10-16H2,1-2H3,(H,23,24)(H2,22,28,29);1H. The van der Waals surface area contributed by atoms with E-state index >= 15 is 0 Å². The highest BCUT2D eigenvalue weighted by Gasteiger charge is 2.39. The molecule has 1 aromatic carbocycles. The van der Waals surface area contributed by atoms with Crippen LogP contribution in [0.15, 0.2) is 34.2 Å². The van der Waals surface area contributed by atoms with Crippen molar-refractivity contribution < 1.29 is 13.2 Å². The van der Waals surface area contributed by atoms with Gasteiger partial charge in [0.05, 0.1) is 18.0 Å². The van der Waals surface area contributed by atoms with Gasteiger partial charge in [-0.25, -0.2) is 18.5 Å². The van der Waals surface area contributed by atoms with Gasteiger partial charge < -0.3 is 15.1 Å². The Bertz CT molecular complexity index is 881. The molecule has 1 aliphatic carbocycles. The van der Waals surface area contributed by atoms with E-state index in [-0.39, 0.29) is 41.3 Å². The van der Waals surface area contributed by atoms with E-state index in [1.165, 1.54) is 50.7 Å². The van der Waals surface area contributed by atoms with Crippen LogP contribution in [-0.2, 0) is 21.4 Å². The number of likely N-dealkylation sites (N-methyl/N-ethyl adjacent to an activating group) is 1. The first-order valence-corrected chi connectivity index (χ1v) is 12.1. The highest BCUT2D eigenvalue weighted by atomic mass is 127. The number of nitrogens with two attached hydrogens (primary N) is 1. The molecule has 1 spiro atoms. The van der Waals surface area contributed by atoms with Crippen molar-refractivity contribution >= 4 is 45.9 Å². The molecule has 0 aromatic heterocycles. The van der Waals surface area contributed by atoms with Crippen LogP contribution in [0.3, 0.4) is 0 Å². The van der Waals surface area contributed by atoms with Crippen molar-refractivity contribution in [2.24, 2.45) is 15.5 Å². The molecule has 3 N–H and O–H groups in total. The van der Waals surface area contributed by atoms with Crippen molar-refractivity contribution in [1.82, 2.24) is 15.1 Å². The molecule has 2 fully saturated rings. The average molecular weight is 564 g/mol. The summed E-state index contributed by atoms with van der Waals surface area (Å²) in [5.41, 5.74) is 1.26. The molecule has 3 rings (SSSR count). The Labute approximate surface area is 202 Å². The van der Waals surface area contributed by atoms with Gasteiger partial charge in [-0.3, -0.25) is 4.79 Å². The smallest absolute Gasteiger partial charge is 0.241 e. The summed E-state index contributed by atoms with van der Waals surface area (Å²) >= 11 is 0. The molecule has 2 aliphatic rings. The van der Waals surface area contributed by atoms with E-state index in [4.69, 9.17) is 10.1 Å². The van der Waals surface area contributed by atoms with E-state index in [9.17, 15) is 13.2 Å². The molecule has 0 radical (unpaired) electrons. The Morgan fingerprint density at radius 2 is 1.81 bits per heavy atom. The first kappa shape index (κ1) is 25.9. The maximum absolute atomic E-state index is 12.1. The SMILES string of the molecule is CN(C)C(=O)CNC(=NCc1ccc(S(N)(=O)=O)cc1)N1CCC2(CCCCC2)C1.I. The molecule has 1 saturated carbocycles. The second kappa shape index (κ2) is 11.0. The van der Waals surface area contributed by atoms with Gasteiger partial charge in [0.15, 0.2) is 5.96 Å². The minimum atomic E-state index is -3.70. The number of likely N-dealkylation sites (tertiary alicyclic amines) is 1. The lowest BCUT2D eigenvalue weighted by Gasteiger charge is -2.33. The summed E-state index contributed by atoms with van der Waals surface area (Å²) < 4.78 is 22.9. The highest BCUT2D eigenvalue weighted by Crippen LogP contribution is 2.43. The second-order valence-corrected chi connectivity index (χ2v) is 10.3. The molecule has 0 atom stereocenters. The van der Waals surface area contributed by atoms with Crippen molar-refractivity contribution in [3.05, 3.63) is 29.8 Å². The number of hydrogen-bond donors (Lipinski definition) is 2. The predicted molar refractivity (Wildman–Crippen MR) is 133 cm³/mol. The fourth-order valence-corrected chi connectivity index (χ4v) is 4.87. The number of amides is 1. The molecule has 1 aromatic rings. The monoisotopic (exact) mass is 563 g/mol. The van der Waals surface area contributed by atoms with E-state index in [0.29, 0.717) is 12.0 Å². The van der Waals surface area contributed by atoms with Crippen molar-refractivity contribution in [3.8, 4) is 0 Å². The Morgan fingerprint density at radius 3 is 2.39 bits per heavy atom. The summed E-state index contributed by atoms with van der Waals surface area (Å²) in [4.78, 5) is 20.8. The Hall–Kier alpha value is -1.40. The molecule has 8 nitrogen and oxygen atoms in total. The molecule has 31 heavy (non-hydrogen) atoms. The number of carbonyl (C=O) groups excluding carboxylic acids is 1. The van der Waals surface area contributed by atoms with E-state index in [2.05, 4.69) is 10.2 Å². The third-order valence-corrected chi connectivity index (χ3v) is 7.14. The van der Waals surface area contributed by atoms with Gasteiger partial charge in [0, 0.05) is 27.2 Å². The first-order chi connectivity index (χ1) is 14.2. The van der Waals surface area contributed by atoms with Crippen LogP contribution < -0.4 is 10.5 Å². The van der Waals surface area contributed by atoms with E-state index < -0.39 is 10.0 Å². The summed E-state index contributed by atoms with van der Waals surface area (Å²) in [7, 11) is -0.231. The van der Waals surface area contributed by atoms with Gasteiger partial charge in [-0.2, -0.15) is 0 Å². The normalized spacial score (nSPS) is 18.5.